The zero-order valence-electron chi connectivity index (χ0n) is 13.9. The summed E-state index contributed by atoms with van der Waals surface area (Å²) in [5.41, 5.74) is -0.512. The zero-order chi connectivity index (χ0) is 15.2. The van der Waals surface area contributed by atoms with Crippen LogP contribution in [0, 0.1) is 5.92 Å². The Morgan fingerprint density at radius 2 is 2.05 bits per heavy atom. The van der Waals surface area contributed by atoms with Crippen LogP contribution < -0.4 is 5.32 Å². The SMILES string of the molecule is CCCNC(CN(C)C(C)CCC)(C(=O)OC)C1CC1. The first-order valence-corrected chi connectivity index (χ1v) is 8.05. The molecular weight excluding hydrogens is 252 g/mol. The summed E-state index contributed by atoms with van der Waals surface area (Å²) >= 11 is 0. The minimum absolute atomic E-state index is 0.0935. The molecule has 1 N–H and O–H groups in total. The summed E-state index contributed by atoms with van der Waals surface area (Å²) in [4.78, 5) is 14.7. The van der Waals surface area contributed by atoms with E-state index in [4.69, 9.17) is 4.74 Å². The average molecular weight is 284 g/mol. The lowest BCUT2D eigenvalue weighted by Gasteiger charge is -2.38. The topological polar surface area (TPSA) is 41.6 Å². The van der Waals surface area contributed by atoms with E-state index in [1.54, 1.807) is 0 Å². The van der Waals surface area contributed by atoms with Gasteiger partial charge in [-0.05, 0) is 52.1 Å². The van der Waals surface area contributed by atoms with Crippen molar-refractivity contribution in [3.8, 4) is 0 Å². The van der Waals surface area contributed by atoms with Crippen molar-refractivity contribution in [1.82, 2.24) is 10.2 Å². The van der Waals surface area contributed by atoms with Crippen LogP contribution in [0.1, 0.15) is 52.9 Å². The predicted octanol–water partition coefficient (Wildman–Crippen LogP) is 2.43. The van der Waals surface area contributed by atoms with Crippen molar-refractivity contribution in [3.05, 3.63) is 0 Å². The molecule has 1 saturated carbocycles. The molecule has 20 heavy (non-hydrogen) atoms. The monoisotopic (exact) mass is 284 g/mol. The number of carbonyl (C=O) groups excluding carboxylic acids is 1. The highest BCUT2D eigenvalue weighted by Crippen LogP contribution is 2.41. The van der Waals surface area contributed by atoms with Crippen molar-refractivity contribution in [3.63, 3.8) is 0 Å². The molecule has 0 radical (unpaired) electrons. The van der Waals surface area contributed by atoms with E-state index in [9.17, 15) is 4.79 Å². The molecule has 0 saturated heterocycles. The number of ether oxygens (including phenoxy) is 1. The Hall–Kier alpha value is -0.610. The molecule has 0 aromatic rings. The smallest absolute Gasteiger partial charge is 0.327 e. The van der Waals surface area contributed by atoms with Gasteiger partial charge in [-0.15, -0.1) is 0 Å². The van der Waals surface area contributed by atoms with Gasteiger partial charge in [-0.1, -0.05) is 20.3 Å². The second kappa shape index (κ2) is 7.99. The molecule has 0 bridgehead atoms. The van der Waals surface area contributed by atoms with E-state index in [1.807, 2.05) is 0 Å². The van der Waals surface area contributed by atoms with Crippen LogP contribution in [0.3, 0.4) is 0 Å². The van der Waals surface area contributed by atoms with Crippen LogP contribution >= 0.6 is 0 Å². The minimum atomic E-state index is -0.512. The molecule has 0 aromatic carbocycles. The molecule has 1 rings (SSSR count). The molecule has 1 fully saturated rings. The van der Waals surface area contributed by atoms with E-state index in [0.29, 0.717) is 12.0 Å². The van der Waals surface area contributed by atoms with Gasteiger partial charge in [0.05, 0.1) is 7.11 Å². The van der Waals surface area contributed by atoms with Crippen LogP contribution in [0.4, 0.5) is 0 Å². The molecule has 1 aliphatic rings. The van der Waals surface area contributed by atoms with Gasteiger partial charge < -0.3 is 15.0 Å². The van der Waals surface area contributed by atoms with Crippen molar-refractivity contribution < 1.29 is 9.53 Å². The first-order chi connectivity index (χ1) is 9.51. The van der Waals surface area contributed by atoms with Gasteiger partial charge in [-0.3, -0.25) is 0 Å². The standard InChI is InChI=1S/C16H32N2O2/c1-6-8-13(3)18(4)12-16(14-9-10-14,15(19)20-5)17-11-7-2/h13-14,17H,6-12H2,1-5H3. The number of hydrogen-bond acceptors (Lipinski definition) is 4. The van der Waals surface area contributed by atoms with Crippen molar-refractivity contribution in [1.29, 1.82) is 0 Å². The van der Waals surface area contributed by atoms with E-state index < -0.39 is 5.54 Å². The van der Waals surface area contributed by atoms with Crippen molar-refractivity contribution in [2.75, 3.05) is 27.2 Å². The van der Waals surface area contributed by atoms with Gasteiger partial charge in [-0.2, -0.15) is 0 Å². The Morgan fingerprint density at radius 1 is 1.40 bits per heavy atom. The normalized spacial score (nSPS) is 19.7. The van der Waals surface area contributed by atoms with Crippen LogP contribution in [-0.4, -0.2) is 49.7 Å². The van der Waals surface area contributed by atoms with Crippen molar-refractivity contribution >= 4 is 5.97 Å². The van der Waals surface area contributed by atoms with E-state index in [-0.39, 0.29) is 5.97 Å². The Bertz CT molecular complexity index is 305. The van der Waals surface area contributed by atoms with Crippen LogP contribution in [0.25, 0.3) is 0 Å². The Balaban J connectivity index is 2.82. The van der Waals surface area contributed by atoms with Crippen LogP contribution in [-0.2, 0) is 9.53 Å². The molecule has 0 aromatic heterocycles. The third-order valence-corrected chi connectivity index (χ3v) is 4.47. The van der Waals surface area contributed by atoms with Gasteiger partial charge in [0.15, 0.2) is 0 Å². The Kier molecular flexibility index (Phi) is 6.96. The molecule has 0 amide bonds. The number of nitrogens with one attached hydrogen (secondary N) is 1. The van der Waals surface area contributed by atoms with Gasteiger partial charge in [0.1, 0.15) is 5.54 Å². The number of likely N-dealkylation sites (N-methyl/N-ethyl adjacent to an activating group) is 1. The lowest BCUT2D eigenvalue weighted by Crippen LogP contribution is -2.61. The zero-order valence-corrected chi connectivity index (χ0v) is 13.9. The maximum absolute atomic E-state index is 12.4. The summed E-state index contributed by atoms with van der Waals surface area (Å²) in [6, 6.07) is 0.492. The average Bonchev–Trinajstić information content (AvgIpc) is 3.27. The highest BCUT2D eigenvalue weighted by Gasteiger charge is 2.52. The van der Waals surface area contributed by atoms with E-state index in [1.165, 1.54) is 13.5 Å². The molecule has 118 valence electrons. The third kappa shape index (κ3) is 4.19. The molecular formula is C16H32N2O2. The lowest BCUT2D eigenvalue weighted by atomic mass is 9.91. The van der Waals surface area contributed by atoms with Gasteiger partial charge >= 0.3 is 5.97 Å². The lowest BCUT2D eigenvalue weighted by molar-refractivity contribution is -0.151. The number of esters is 1. The van der Waals surface area contributed by atoms with Crippen LogP contribution in [0.2, 0.25) is 0 Å². The predicted molar refractivity (Wildman–Crippen MR) is 82.8 cm³/mol. The van der Waals surface area contributed by atoms with Gasteiger partial charge in [0, 0.05) is 12.6 Å². The van der Waals surface area contributed by atoms with Gasteiger partial charge in [0.25, 0.3) is 0 Å². The summed E-state index contributed by atoms with van der Waals surface area (Å²) in [7, 11) is 3.62. The first-order valence-electron chi connectivity index (χ1n) is 8.05. The summed E-state index contributed by atoms with van der Waals surface area (Å²) in [6.07, 6.45) is 5.61. The number of hydrogen-bond donors (Lipinski definition) is 1. The highest BCUT2D eigenvalue weighted by molar-refractivity contribution is 5.82. The van der Waals surface area contributed by atoms with Crippen LogP contribution in [0.15, 0.2) is 0 Å². The van der Waals surface area contributed by atoms with Crippen molar-refractivity contribution in [2.24, 2.45) is 5.92 Å². The number of nitrogens with zero attached hydrogens (tertiary/aromatic N) is 1. The fraction of sp³-hybridized carbons (Fsp3) is 0.938. The number of carbonyl (C=O) groups is 1. The molecule has 0 spiro atoms. The van der Waals surface area contributed by atoms with Gasteiger partial charge in [0.2, 0.25) is 0 Å². The Morgan fingerprint density at radius 3 is 2.50 bits per heavy atom. The fourth-order valence-electron chi connectivity index (χ4n) is 2.93. The molecule has 0 heterocycles. The highest BCUT2D eigenvalue weighted by atomic mass is 16.5. The second-order valence-corrected chi connectivity index (χ2v) is 6.22. The maximum Gasteiger partial charge on any atom is 0.327 e. The van der Waals surface area contributed by atoms with E-state index in [0.717, 1.165) is 38.8 Å². The van der Waals surface area contributed by atoms with Crippen molar-refractivity contribution in [2.45, 2.75) is 64.5 Å². The molecule has 4 nitrogen and oxygen atoms in total. The quantitative estimate of drug-likeness (QED) is 0.626. The molecule has 2 unspecified atom stereocenters. The molecule has 2 atom stereocenters. The summed E-state index contributed by atoms with van der Waals surface area (Å²) < 4.78 is 5.13. The van der Waals surface area contributed by atoms with E-state index >= 15 is 0 Å². The second-order valence-electron chi connectivity index (χ2n) is 6.22. The van der Waals surface area contributed by atoms with E-state index in [2.05, 4.69) is 38.0 Å². The molecule has 0 aliphatic heterocycles. The largest absolute Gasteiger partial charge is 0.468 e. The molecule has 1 aliphatic carbocycles. The Labute approximate surface area is 124 Å². The first kappa shape index (κ1) is 17.4. The number of rotatable bonds is 10. The maximum atomic E-state index is 12.4. The number of methoxy groups -OCH3 is 1. The fourth-order valence-corrected chi connectivity index (χ4v) is 2.93. The van der Waals surface area contributed by atoms with Gasteiger partial charge in [-0.25, -0.2) is 4.79 Å². The summed E-state index contributed by atoms with van der Waals surface area (Å²) in [6.45, 7) is 8.17. The van der Waals surface area contributed by atoms with Crippen LogP contribution in [0.5, 0.6) is 0 Å². The molecule has 4 heteroatoms. The minimum Gasteiger partial charge on any atom is -0.468 e. The summed E-state index contributed by atoms with van der Waals surface area (Å²) in [5, 5.41) is 3.51. The third-order valence-electron chi connectivity index (χ3n) is 4.47. The summed E-state index contributed by atoms with van der Waals surface area (Å²) in [5.74, 6) is 0.335.